The number of nitrogens with one attached hydrogen (secondary N) is 2. The molecule has 0 radical (unpaired) electrons. The first-order valence-corrected chi connectivity index (χ1v) is 8.78. The van der Waals surface area contributed by atoms with Crippen LogP contribution in [0.25, 0.3) is 10.8 Å². The van der Waals surface area contributed by atoms with Crippen molar-refractivity contribution in [2.75, 3.05) is 6.61 Å². The number of aryl methyl sites for hydroxylation is 2. The third kappa shape index (κ3) is 4.64. The fourth-order valence-corrected chi connectivity index (χ4v) is 3.00. The Morgan fingerprint density at radius 2 is 1.44 bits per heavy atom. The number of fused-ring (bicyclic) bond motifs is 1. The number of ether oxygens (including phenoxy) is 1. The predicted molar refractivity (Wildman–Crippen MR) is 105 cm³/mol. The Morgan fingerprint density at radius 3 is 2.22 bits per heavy atom. The van der Waals surface area contributed by atoms with E-state index in [2.05, 4.69) is 10.9 Å². The van der Waals surface area contributed by atoms with Gasteiger partial charge in [0.2, 0.25) is 5.91 Å². The molecule has 0 aliphatic heterocycles. The fraction of sp³-hybridized carbons (Fsp3) is 0.182. The van der Waals surface area contributed by atoms with Gasteiger partial charge in [0, 0.05) is 0 Å². The van der Waals surface area contributed by atoms with Gasteiger partial charge in [-0.25, -0.2) is 0 Å². The van der Waals surface area contributed by atoms with Crippen LogP contribution in [0.3, 0.4) is 0 Å². The van der Waals surface area contributed by atoms with Crippen LogP contribution in [0.5, 0.6) is 5.75 Å². The molecule has 0 aromatic heterocycles. The van der Waals surface area contributed by atoms with E-state index in [4.69, 9.17) is 4.74 Å². The normalized spacial score (nSPS) is 10.4. The van der Waals surface area contributed by atoms with E-state index in [1.54, 1.807) is 0 Å². The van der Waals surface area contributed by atoms with Crippen molar-refractivity contribution in [3.05, 3.63) is 77.4 Å². The van der Waals surface area contributed by atoms with E-state index in [9.17, 15) is 9.59 Å². The van der Waals surface area contributed by atoms with E-state index in [1.165, 1.54) is 0 Å². The second-order valence-electron chi connectivity index (χ2n) is 6.42. The van der Waals surface area contributed by atoms with E-state index >= 15 is 0 Å². The average Bonchev–Trinajstić information content (AvgIpc) is 2.66. The number of amides is 2. The maximum atomic E-state index is 12.2. The highest BCUT2D eigenvalue weighted by Crippen LogP contribution is 2.22. The Hall–Kier alpha value is -3.34. The number of benzene rings is 3. The lowest BCUT2D eigenvalue weighted by atomic mass is 10.0. The van der Waals surface area contributed by atoms with Crippen molar-refractivity contribution in [2.45, 2.75) is 20.3 Å². The Balaban J connectivity index is 1.52. The van der Waals surface area contributed by atoms with Gasteiger partial charge in [-0.3, -0.25) is 20.4 Å². The van der Waals surface area contributed by atoms with Gasteiger partial charge in [0.25, 0.3) is 5.91 Å². The molecule has 2 N–H and O–H groups in total. The molecule has 2 amide bonds. The molecule has 0 saturated heterocycles. The van der Waals surface area contributed by atoms with Crippen LogP contribution in [-0.2, 0) is 16.0 Å². The lowest BCUT2D eigenvalue weighted by molar-refractivity contribution is -0.129. The number of rotatable bonds is 5. The summed E-state index contributed by atoms with van der Waals surface area (Å²) in [6, 6.07) is 19.5. The molecule has 0 atom stereocenters. The highest BCUT2D eigenvalue weighted by molar-refractivity contribution is 5.91. The molecule has 0 fully saturated rings. The van der Waals surface area contributed by atoms with Crippen LogP contribution >= 0.6 is 0 Å². The summed E-state index contributed by atoms with van der Waals surface area (Å²) in [6.07, 6.45) is 0.180. The van der Waals surface area contributed by atoms with Gasteiger partial charge < -0.3 is 4.74 Å². The van der Waals surface area contributed by atoms with Gasteiger partial charge in [0.15, 0.2) is 6.61 Å². The maximum Gasteiger partial charge on any atom is 0.276 e. The third-order valence-corrected chi connectivity index (χ3v) is 4.33. The smallest absolute Gasteiger partial charge is 0.276 e. The third-order valence-electron chi connectivity index (χ3n) is 4.33. The van der Waals surface area contributed by atoms with Crippen LogP contribution in [-0.4, -0.2) is 18.4 Å². The number of hydrogen-bond acceptors (Lipinski definition) is 3. The molecule has 0 unspecified atom stereocenters. The molecule has 27 heavy (non-hydrogen) atoms. The van der Waals surface area contributed by atoms with Gasteiger partial charge in [0.05, 0.1) is 6.42 Å². The Kier molecular flexibility index (Phi) is 5.71. The number of hydrazine groups is 1. The summed E-state index contributed by atoms with van der Waals surface area (Å²) in [7, 11) is 0. The van der Waals surface area contributed by atoms with E-state index in [0.29, 0.717) is 5.75 Å². The van der Waals surface area contributed by atoms with Crippen molar-refractivity contribution in [3.63, 3.8) is 0 Å². The zero-order valence-corrected chi connectivity index (χ0v) is 15.4. The SMILES string of the molecule is Cc1cccc(C)c1OCC(=O)NNC(=O)Cc1cccc2ccccc12. The van der Waals surface area contributed by atoms with E-state index < -0.39 is 5.91 Å². The van der Waals surface area contributed by atoms with Crippen molar-refractivity contribution in [1.29, 1.82) is 0 Å². The lowest BCUT2D eigenvalue weighted by Crippen LogP contribution is -2.44. The van der Waals surface area contributed by atoms with E-state index in [-0.39, 0.29) is 18.9 Å². The van der Waals surface area contributed by atoms with Crippen molar-refractivity contribution in [1.82, 2.24) is 10.9 Å². The van der Waals surface area contributed by atoms with Gasteiger partial charge in [-0.2, -0.15) is 0 Å². The first-order valence-electron chi connectivity index (χ1n) is 8.78. The molecule has 0 spiro atoms. The van der Waals surface area contributed by atoms with Gasteiger partial charge >= 0.3 is 0 Å². The Morgan fingerprint density at radius 1 is 0.815 bits per heavy atom. The van der Waals surface area contributed by atoms with Crippen molar-refractivity contribution >= 4 is 22.6 Å². The van der Waals surface area contributed by atoms with Crippen molar-refractivity contribution < 1.29 is 14.3 Å². The molecule has 3 aromatic rings. The molecule has 0 heterocycles. The Bertz CT molecular complexity index is 957. The summed E-state index contributed by atoms with van der Waals surface area (Å²) in [6.45, 7) is 3.68. The predicted octanol–water partition coefficient (Wildman–Crippen LogP) is 3.23. The molecule has 3 aromatic carbocycles. The topological polar surface area (TPSA) is 67.4 Å². The summed E-state index contributed by atoms with van der Waals surface area (Å²) < 4.78 is 5.57. The van der Waals surface area contributed by atoms with Crippen LogP contribution in [0.1, 0.15) is 16.7 Å². The molecular formula is C22H22N2O3. The molecule has 138 valence electrons. The van der Waals surface area contributed by atoms with Gasteiger partial charge in [0.1, 0.15) is 5.75 Å². The van der Waals surface area contributed by atoms with Gasteiger partial charge in [-0.05, 0) is 41.3 Å². The highest BCUT2D eigenvalue weighted by Gasteiger charge is 2.10. The van der Waals surface area contributed by atoms with Gasteiger partial charge in [-0.15, -0.1) is 0 Å². The maximum absolute atomic E-state index is 12.2. The summed E-state index contributed by atoms with van der Waals surface area (Å²) in [5, 5.41) is 2.11. The fourth-order valence-electron chi connectivity index (χ4n) is 3.00. The second-order valence-corrected chi connectivity index (χ2v) is 6.42. The van der Waals surface area contributed by atoms with Crippen LogP contribution in [0.15, 0.2) is 60.7 Å². The van der Waals surface area contributed by atoms with Crippen LogP contribution in [0.4, 0.5) is 0 Å². The molecule has 0 aliphatic rings. The first kappa shape index (κ1) is 18.5. The molecule has 0 saturated carbocycles. The zero-order chi connectivity index (χ0) is 19.2. The zero-order valence-electron chi connectivity index (χ0n) is 15.4. The van der Waals surface area contributed by atoms with Gasteiger partial charge in [-0.1, -0.05) is 60.7 Å². The van der Waals surface area contributed by atoms with Crippen molar-refractivity contribution in [2.24, 2.45) is 0 Å². The first-order chi connectivity index (χ1) is 13.0. The second kappa shape index (κ2) is 8.36. The van der Waals surface area contributed by atoms with Crippen LogP contribution < -0.4 is 15.6 Å². The summed E-state index contributed by atoms with van der Waals surface area (Å²) in [5.74, 6) is -0.00886. The number of carbonyl (C=O) groups is 2. The summed E-state index contributed by atoms with van der Waals surface area (Å²) in [5.41, 5.74) is 7.67. The quantitative estimate of drug-likeness (QED) is 0.685. The molecule has 5 nitrogen and oxygen atoms in total. The number of para-hydroxylation sites is 1. The lowest BCUT2D eigenvalue weighted by Gasteiger charge is -2.12. The largest absolute Gasteiger partial charge is 0.483 e. The number of carbonyl (C=O) groups excluding carboxylic acids is 2. The minimum absolute atomic E-state index is 0.166. The van der Waals surface area contributed by atoms with E-state index in [1.807, 2.05) is 74.5 Å². The molecule has 0 aliphatic carbocycles. The Labute approximate surface area is 158 Å². The average molecular weight is 362 g/mol. The summed E-state index contributed by atoms with van der Waals surface area (Å²) >= 11 is 0. The minimum Gasteiger partial charge on any atom is -0.483 e. The molecule has 0 bridgehead atoms. The van der Waals surface area contributed by atoms with Crippen LogP contribution in [0, 0.1) is 13.8 Å². The van der Waals surface area contributed by atoms with Crippen molar-refractivity contribution in [3.8, 4) is 5.75 Å². The number of hydrogen-bond donors (Lipinski definition) is 2. The molecular weight excluding hydrogens is 340 g/mol. The van der Waals surface area contributed by atoms with E-state index in [0.717, 1.165) is 27.5 Å². The summed E-state index contributed by atoms with van der Waals surface area (Å²) in [4.78, 5) is 24.1. The van der Waals surface area contributed by atoms with Crippen LogP contribution in [0.2, 0.25) is 0 Å². The molecule has 5 heteroatoms. The monoisotopic (exact) mass is 362 g/mol. The molecule has 3 rings (SSSR count). The highest BCUT2D eigenvalue weighted by atomic mass is 16.5. The minimum atomic E-state index is -0.413. The standard InChI is InChI=1S/C22H22N2O3/c1-15-7-5-8-16(2)22(15)27-14-21(26)24-23-20(25)13-18-11-6-10-17-9-3-4-12-19(17)18/h3-12H,13-14H2,1-2H3,(H,23,25)(H,24,26).